The van der Waals surface area contributed by atoms with Crippen LogP contribution in [0.4, 0.5) is 0 Å². The molecule has 0 amide bonds. The molecule has 0 unspecified atom stereocenters. The number of pyridine rings is 1. The van der Waals surface area contributed by atoms with Crippen molar-refractivity contribution in [3.8, 4) is 0 Å². The normalized spacial score (nSPS) is 11.7. The van der Waals surface area contributed by atoms with Gasteiger partial charge >= 0.3 is 0 Å². The Morgan fingerprint density at radius 2 is 2.29 bits per heavy atom. The second-order valence-corrected chi connectivity index (χ2v) is 4.38. The lowest BCUT2D eigenvalue weighted by molar-refractivity contribution is 0.318. The van der Waals surface area contributed by atoms with Crippen LogP contribution in [0.1, 0.15) is 11.3 Å². The monoisotopic (exact) mass is 249 g/mol. The Morgan fingerprint density at radius 1 is 1.47 bits per heavy atom. The summed E-state index contributed by atoms with van der Waals surface area (Å²) in [7, 11) is 0. The maximum atomic E-state index is 8.52. The number of aromatic nitrogens is 1. The molecule has 2 aromatic rings. The first-order valence-corrected chi connectivity index (χ1v) is 5.68. The fourth-order valence-electron chi connectivity index (χ4n) is 1.24. The average Bonchev–Trinajstić information content (AvgIpc) is 2.75. The van der Waals surface area contributed by atoms with Crippen LogP contribution in [-0.4, -0.2) is 16.0 Å². The summed E-state index contributed by atoms with van der Waals surface area (Å²) >= 11 is 1.50. The van der Waals surface area contributed by atoms with E-state index in [4.69, 9.17) is 15.4 Å². The van der Waals surface area contributed by atoms with Crippen LogP contribution in [0.3, 0.4) is 0 Å². The Morgan fingerprint density at radius 3 is 2.82 bits per heavy atom. The molecule has 3 N–H and O–H groups in total. The molecule has 88 valence electrons. The third-order valence-electron chi connectivity index (χ3n) is 2.17. The van der Waals surface area contributed by atoms with Gasteiger partial charge in [-0.3, -0.25) is 0 Å². The zero-order chi connectivity index (χ0) is 12.3. The third-order valence-corrected chi connectivity index (χ3v) is 3.26. The van der Waals surface area contributed by atoms with E-state index in [2.05, 4.69) is 10.1 Å². The molecule has 0 aliphatic rings. The third kappa shape index (κ3) is 2.59. The lowest BCUT2D eigenvalue weighted by Crippen LogP contribution is -2.13. The van der Waals surface area contributed by atoms with E-state index in [1.165, 1.54) is 11.8 Å². The van der Waals surface area contributed by atoms with Crippen LogP contribution in [0.15, 0.2) is 50.2 Å². The van der Waals surface area contributed by atoms with Gasteiger partial charge < -0.3 is 15.4 Å². The SMILES string of the molecule is Cc1occc1Sc1ccc(/C(N)=N/O)cn1. The number of nitrogens with zero attached hydrogens (tertiary/aromatic N) is 2. The summed E-state index contributed by atoms with van der Waals surface area (Å²) < 4.78 is 5.20. The van der Waals surface area contributed by atoms with Gasteiger partial charge in [-0.2, -0.15) is 0 Å². The Kier molecular flexibility index (Phi) is 3.34. The summed E-state index contributed by atoms with van der Waals surface area (Å²) in [6.07, 6.45) is 3.20. The minimum absolute atomic E-state index is 0.0496. The van der Waals surface area contributed by atoms with Crippen LogP contribution in [0.2, 0.25) is 0 Å². The molecule has 2 heterocycles. The van der Waals surface area contributed by atoms with Crippen LogP contribution in [0.25, 0.3) is 0 Å². The second-order valence-electron chi connectivity index (χ2n) is 3.31. The molecule has 0 aliphatic heterocycles. The van der Waals surface area contributed by atoms with E-state index in [0.717, 1.165) is 15.7 Å². The van der Waals surface area contributed by atoms with Gasteiger partial charge in [0, 0.05) is 11.8 Å². The first-order valence-electron chi connectivity index (χ1n) is 4.86. The summed E-state index contributed by atoms with van der Waals surface area (Å²) in [5, 5.41) is 12.3. The van der Waals surface area contributed by atoms with Crippen molar-refractivity contribution in [2.45, 2.75) is 16.8 Å². The highest BCUT2D eigenvalue weighted by molar-refractivity contribution is 7.99. The van der Waals surface area contributed by atoms with Crippen LogP contribution >= 0.6 is 11.8 Å². The number of nitrogens with two attached hydrogens (primary N) is 1. The maximum Gasteiger partial charge on any atom is 0.171 e. The van der Waals surface area contributed by atoms with Gasteiger partial charge in [-0.15, -0.1) is 0 Å². The van der Waals surface area contributed by atoms with Crippen LogP contribution in [-0.2, 0) is 0 Å². The molecule has 0 radical (unpaired) electrons. The molecule has 6 heteroatoms. The highest BCUT2D eigenvalue weighted by Gasteiger charge is 2.05. The van der Waals surface area contributed by atoms with Crippen molar-refractivity contribution in [3.63, 3.8) is 0 Å². The van der Waals surface area contributed by atoms with E-state index in [-0.39, 0.29) is 5.84 Å². The number of hydrogen-bond acceptors (Lipinski definition) is 5. The quantitative estimate of drug-likeness (QED) is 0.377. The number of furan rings is 1. The minimum atomic E-state index is 0.0496. The van der Waals surface area contributed by atoms with E-state index in [0.29, 0.717) is 5.56 Å². The van der Waals surface area contributed by atoms with Gasteiger partial charge in [-0.25, -0.2) is 4.98 Å². The fraction of sp³-hybridized carbons (Fsp3) is 0.0909. The molecule has 5 nitrogen and oxygen atoms in total. The molecule has 0 spiro atoms. The Bertz CT molecular complexity index is 534. The molecule has 0 saturated heterocycles. The molecule has 0 atom stereocenters. The van der Waals surface area contributed by atoms with Gasteiger partial charge in [0.15, 0.2) is 5.84 Å². The molecule has 0 bridgehead atoms. The first-order chi connectivity index (χ1) is 8.20. The minimum Gasteiger partial charge on any atom is -0.468 e. The number of hydrogen-bond donors (Lipinski definition) is 2. The van der Waals surface area contributed by atoms with Crippen LogP contribution in [0, 0.1) is 6.92 Å². The highest BCUT2D eigenvalue weighted by atomic mass is 32.2. The summed E-state index contributed by atoms with van der Waals surface area (Å²) in [5.74, 6) is 0.908. The zero-order valence-corrected chi connectivity index (χ0v) is 9.94. The molecular weight excluding hydrogens is 238 g/mol. The summed E-state index contributed by atoms with van der Waals surface area (Å²) in [6, 6.07) is 5.45. The Balaban J connectivity index is 2.17. The van der Waals surface area contributed by atoms with Crippen molar-refractivity contribution in [2.24, 2.45) is 10.9 Å². The number of amidine groups is 1. The second kappa shape index (κ2) is 4.92. The largest absolute Gasteiger partial charge is 0.468 e. The smallest absolute Gasteiger partial charge is 0.171 e. The highest BCUT2D eigenvalue weighted by Crippen LogP contribution is 2.29. The topological polar surface area (TPSA) is 84.6 Å². The van der Waals surface area contributed by atoms with E-state index < -0.39 is 0 Å². The number of aryl methyl sites for hydroxylation is 1. The van der Waals surface area contributed by atoms with E-state index in [1.54, 1.807) is 18.5 Å². The fourth-order valence-corrected chi connectivity index (χ4v) is 2.02. The maximum absolute atomic E-state index is 8.52. The zero-order valence-electron chi connectivity index (χ0n) is 9.12. The van der Waals surface area contributed by atoms with E-state index in [1.807, 2.05) is 19.1 Å². The van der Waals surface area contributed by atoms with Crippen LogP contribution < -0.4 is 5.73 Å². The standard InChI is InChI=1S/C11H11N3O2S/c1-7-9(4-5-16-7)17-10-3-2-8(6-13-10)11(12)14-15/h2-6,15H,1H3,(H2,12,14). The molecule has 0 saturated carbocycles. The van der Waals surface area contributed by atoms with Crippen LogP contribution in [0.5, 0.6) is 0 Å². The number of oxime groups is 1. The summed E-state index contributed by atoms with van der Waals surface area (Å²) in [6.45, 7) is 1.90. The van der Waals surface area contributed by atoms with Gasteiger partial charge in [-0.05, 0) is 25.1 Å². The molecule has 0 aliphatic carbocycles. The molecule has 0 fully saturated rings. The van der Waals surface area contributed by atoms with Gasteiger partial charge in [-0.1, -0.05) is 16.9 Å². The molecular formula is C11H11N3O2S. The molecule has 2 aromatic heterocycles. The van der Waals surface area contributed by atoms with Gasteiger partial charge in [0.25, 0.3) is 0 Å². The van der Waals surface area contributed by atoms with E-state index in [9.17, 15) is 0 Å². The van der Waals surface area contributed by atoms with Gasteiger partial charge in [0.2, 0.25) is 0 Å². The summed E-state index contributed by atoms with van der Waals surface area (Å²) in [4.78, 5) is 5.24. The Labute approximate surface area is 102 Å². The van der Waals surface area contributed by atoms with E-state index >= 15 is 0 Å². The predicted octanol–water partition coefficient (Wildman–Crippen LogP) is 2.23. The van der Waals surface area contributed by atoms with Gasteiger partial charge in [0.1, 0.15) is 10.8 Å². The van der Waals surface area contributed by atoms with Crippen molar-refractivity contribution in [2.75, 3.05) is 0 Å². The van der Waals surface area contributed by atoms with Crippen molar-refractivity contribution in [1.82, 2.24) is 4.98 Å². The van der Waals surface area contributed by atoms with Crippen molar-refractivity contribution in [3.05, 3.63) is 42.0 Å². The van der Waals surface area contributed by atoms with Gasteiger partial charge in [0.05, 0.1) is 11.2 Å². The number of rotatable bonds is 3. The molecule has 2 rings (SSSR count). The lowest BCUT2D eigenvalue weighted by atomic mass is 10.3. The first kappa shape index (κ1) is 11.5. The molecule has 17 heavy (non-hydrogen) atoms. The van der Waals surface area contributed by atoms with Crippen molar-refractivity contribution < 1.29 is 9.62 Å². The lowest BCUT2D eigenvalue weighted by Gasteiger charge is -2.01. The Hall–Kier alpha value is -1.95. The van der Waals surface area contributed by atoms with Crippen molar-refractivity contribution >= 4 is 17.6 Å². The van der Waals surface area contributed by atoms with Crippen molar-refractivity contribution in [1.29, 1.82) is 0 Å². The predicted molar refractivity (Wildman–Crippen MR) is 64.3 cm³/mol. The average molecular weight is 249 g/mol. The summed E-state index contributed by atoms with van der Waals surface area (Å²) in [5.41, 5.74) is 6.03. The molecule has 0 aromatic carbocycles.